The van der Waals surface area contributed by atoms with Gasteiger partial charge in [0.2, 0.25) is 0 Å². The molecule has 0 saturated carbocycles. The first-order valence-corrected chi connectivity index (χ1v) is 10.0. The van der Waals surface area contributed by atoms with Crippen molar-refractivity contribution in [3.63, 3.8) is 0 Å². The fraction of sp³-hybridized carbons (Fsp3) is 0.0588. The molecule has 0 saturated heterocycles. The topological polar surface area (TPSA) is 97.7 Å². The minimum absolute atomic E-state index is 0. The van der Waals surface area contributed by atoms with Crippen LogP contribution in [0.5, 0.6) is 5.75 Å². The third-order valence-corrected chi connectivity index (χ3v) is 5.76. The van der Waals surface area contributed by atoms with Crippen molar-refractivity contribution in [2.24, 2.45) is 0 Å². The van der Waals surface area contributed by atoms with Crippen LogP contribution in [-0.4, -0.2) is 50.9 Å². The molecule has 3 aromatic rings. The fourth-order valence-corrected chi connectivity index (χ4v) is 4.10. The van der Waals surface area contributed by atoms with Gasteiger partial charge in [0.1, 0.15) is 9.79 Å². The third kappa shape index (κ3) is 4.28. The standard InChI is InChI=1S/C17H14O6S2.Na.H/c1-12-8-10-14(11-9-12)25(21,22)23-15-6-2-4-13-5-3-7-16(17(13)15)24(18,19)20;;/h2-11H,1H3,(H,18,19,20);;. The van der Waals surface area contributed by atoms with Crippen molar-refractivity contribution < 1.29 is 25.6 Å². The summed E-state index contributed by atoms with van der Waals surface area (Å²) < 4.78 is 62.8. The van der Waals surface area contributed by atoms with Gasteiger partial charge in [0.25, 0.3) is 10.1 Å². The molecule has 3 rings (SSSR count). The monoisotopic (exact) mass is 402 g/mol. The zero-order chi connectivity index (χ0) is 18.2. The Balaban J connectivity index is 0.00000243. The molecule has 0 aliphatic carbocycles. The van der Waals surface area contributed by atoms with Crippen molar-refractivity contribution in [1.29, 1.82) is 0 Å². The number of fused-ring (bicyclic) bond motifs is 1. The van der Waals surface area contributed by atoms with E-state index in [9.17, 15) is 21.4 Å². The van der Waals surface area contributed by atoms with Crippen LogP contribution in [0.3, 0.4) is 0 Å². The van der Waals surface area contributed by atoms with E-state index >= 15 is 0 Å². The molecule has 0 unspecified atom stereocenters. The number of benzene rings is 3. The Labute approximate surface area is 174 Å². The maximum absolute atomic E-state index is 12.5. The first kappa shape index (κ1) is 20.9. The van der Waals surface area contributed by atoms with Crippen LogP contribution >= 0.6 is 0 Å². The summed E-state index contributed by atoms with van der Waals surface area (Å²) in [5, 5.41) is 0.426. The number of hydrogen-bond acceptors (Lipinski definition) is 5. The van der Waals surface area contributed by atoms with E-state index in [1.165, 1.54) is 36.4 Å². The van der Waals surface area contributed by atoms with Crippen molar-refractivity contribution >= 4 is 60.6 Å². The molecule has 0 aliphatic rings. The van der Waals surface area contributed by atoms with Gasteiger partial charge in [-0.15, -0.1) is 0 Å². The molecule has 0 atom stereocenters. The van der Waals surface area contributed by atoms with Crippen LogP contribution in [0.2, 0.25) is 0 Å². The van der Waals surface area contributed by atoms with Crippen LogP contribution in [0.25, 0.3) is 10.8 Å². The van der Waals surface area contributed by atoms with Crippen molar-refractivity contribution in [3.8, 4) is 5.75 Å². The van der Waals surface area contributed by atoms with Crippen LogP contribution in [0, 0.1) is 6.92 Å². The van der Waals surface area contributed by atoms with E-state index in [4.69, 9.17) is 4.18 Å². The second-order valence-electron chi connectivity index (χ2n) is 5.44. The SMILES string of the molecule is Cc1ccc(S(=O)(=O)Oc2cccc3cccc(S(=O)(=O)O)c23)cc1.[NaH]. The van der Waals surface area contributed by atoms with Crippen LogP contribution in [0.4, 0.5) is 0 Å². The van der Waals surface area contributed by atoms with Gasteiger partial charge in [0.05, 0.1) is 0 Å². The van der Waals surface area contributed by atoms with E-state index in [0.717, 1.165) is 5.56 Å². The Bertz CT molecular complexity index is 1150. The fourth-order valence-electron chi connectivity index (χ4n) is 2.43. The Kier molecular flexibility index (Phi) is 6.17. The Morgan fingerprint density at radius 1 is 0.846 bits per heavy atom. The molecular weight excluding hydrogens is 387 g/mol. The van der Waals surface area contributed by atoms with Gasteiger partial charge in [-0.3, -0.25) is 4.55 Å². The first-order valence-electron chi connectivity index (χ1n) is 7.19. The molecule has 9 heteroatoms. The van der Waals surface area contributed by atoms with Gasteiger partial charge in [0.15, 0.2) is 5.75 Å². The molecule has 1 N–H and O–H groups in total. The van der Waals surface area contributed by atoms with Gasteiger partial charge in [0, 0.05) is 5.39 Å². The Hall–Kier alpha value is -1.42. The van der Waals surface area contributed by atoms with Crippen molar-refractivity contribution in [3.05, 3.63) is 66.2 Å². The summed E-state index contributed by atoms with van der Waals surface area (Å²) in [5.74, 6) is -0.175. The molecule has 0 fully saturated rings. The predicted octanol–water partition coefficient (Wildman–Crippen LogP) is 2.51. The molecule has 26 heavy (non-hydrogen) atoms. The summed E-state index contributed by atoms with van der Waals surface area (Å²) in [7, 11) is -8.71. The summed E-state index contributed by atoms with van der Waals surface area (Å²) >= 11 is 0. The molecule has 0 heterocycles. The molecule has 0 aromatic heterocycles. The van der Waals surface area contributed by atoms with Gasteiger partial charge in [-0.1, -0.05) is 42.0 Å². The molecule has 0 spiro atoms. The average Bonchev–Trinajstić information content (AvgIpc) is 2.54. The Morgan fingerprint density at radius 2 is 1.42 bits per heavy atom. The summed E-state index contributed by atoms with van der Waals surface area (Å²) in [5.41, 5.74) is 0.887. The predicted molar refractivity (Wildman–Crippen MR) is 99.9 cm³/mol. The van der Waals surface area contributed by atoms with Crippen LogP contribution in [0.1, 0.15) is 5.56 Å². The summed E-state index contributed by atoms with van der Waals surface area (Å²) in [4.78, 5) is -0.473. The molecular formula is C17H15NaO6S2. The molecule has 0 bridgehead atoms. The second kappa shape index (κ2) is 7.67. The molecule has 0 radical (unpaired) electrons. The normalized spacial score (nSPS) is 11.8. The van der Waals surface area contributed by atoms with E-state index in [1.807, 2.05) is 6.92 Å². The zero-order valence-electron chi connectivity index (χ0n) is 13.1. The van der Waals surface area contributed by atoms with E-state index < -0.39 is 25.1 Å². The second-order valence-corrected chi connectivity index (χ2v) is 8.37. The summed E-state index contributed by atoms with van der Waals surface area (Å²) in [6.45, 7) is 1.82. The van der Waals surface area contributed by atoms with E-state index in [2.05, 4.69) is 0 Å². The molecule has 132 valence electrons. The van der Waals surface area contributed by atoms with Crippen molar-refractivity contribution in [2.75, 3.05) is 0 Å². The summed E-state index contributed by atoms with van der Waals surface area (Å²) in [6, 6.07) is 14.8. The first-order chi connectivity index (χ1) is 11.7. The minimum atomic E-state index is -4.55. The van der Waals surface area contributed by atoms with Gasteiger partial charge < -0.3 is 4.18 Å². The molecule has 3 aromatic carbocycles. The zero-order valence-corrected chi connectivity index (χ0v) is 14.7. The van der Waals surface area contributed by atoms with E-state index in [1.54, 1.807) is 24.3 Å². The van der Waals surface area contributed by atoms with E-state index in [0.29, 0.717) is 5.39 Å². The quantitative estimate of drug-likeness (QED) is 0.409. The summed E-state index contributed by atoms with van der Waals surface area (Å²) in [6.07, 6.45) is 0. The molecule has 6 nitrogen and oxygen atoms in total. The van der Waals surface area contributed by atoms with Gasteiger partial charge in [-0.05, 0) is 36.6 Å². The van der Waals surface area contributed by atoms with Crippen molar-refractivity contribution in [2.45, 2.75) is 16.7 Å². The number of hydrogen-bond donors (Lipinski definition) is 1. The van der Waals surface area contributed by atoms with Gasteiger partial charge in [-0.2, -0.15) is 16.8 Å². The average molecular weight is 402 g/mol. The van der Waals surface area contributed by atoms with Gasteiger partial charge >= 0.3 is 39.7 Å². The maximum atomic E-state index is 12.5. The van der Waals surface area contributed by atoms with Crippen LogP contribution < -0.4 is 4.18 Å². The van der Waals surface area contributed by atoms with Crippen molar-refractivity contribution in [1.82, 2.24) is 0 Å². The number of aryl methyl sites for hydroxylation is 1. The molecule has 0 aliphatic heterocycles. The van der Waals surface area contributed by atoms with Gasteiger partial charge in [-0.25, -0.2) is 0 Å². The van der Waals surface area contributed by atoms with E-state index in [-0.39, 0.29) is 45.6 Å². The third-order valence-electron chi connectivity index (χ3n) is 3.62. The molecule has 0 amide bonds. The Morgan fingerprint density at radius 3 is 2.00 bits per heavy atom. The van der Waals surface area contributed by atoms with Crippen LogP contribution in [0.15, 0.2) is 70.5 Å². The van der Waals surface area contributed by atoms with Crippen LogP contribution in [-0.2, 0) is 20.2 Å². The number of rotatable bonds is 4.